The molecule has 1 aromatic carbocycles. The molecule has 21 heavy (non-hydrogen) atoms. The van der Waals surface area contributed by atoms with Gasteiger partial charge >= 0.3 is 0 Å². The molecule has 0 aromatic heterocycles. The maximum absolute atomic E-state index is 11.8. The molecule has 1 aromatic rings. The molecule has 110 valence electrons. The number of carbonyl (C=O) groups excluding carboxylic acids is 1. The number of amides is 1. The summed E-state index contributed by atoms with van der Waals surface area (Å²) in [6, 6.07) is 5.92. The van der Waals surface area contributed by atoms with Gasteiger partial charge in [0.05, 0.1) is 0 Å². The van der Waals surface area contributed by atoms with Crippen molar-refractivity contribution < 1.29 is 9.53 Å². The van der Waals surface area contributed by atoms with Crippen LogP contribution in [0.3, 0.4) is 0 Å². The summed E-state index contributed by atoms with van der Waals surface area (Å²) in [5, 5.41) is 4.22. The predicted molar refractivity (Wildman–Crippen MR) is 82.3 cm³/mol. The molecule has 1 amide bonds. The molecule has 4 nitrogen and oxygen atoms in total. The molecule has 0 spiro atoms. The fourth-order valence-corrected chi connectivity index (χ4v) is 2.99. The lowest BCUT2D eigenvalue weighted by Crippen LogP contribution is -2.36. The van der Waals surface area contributed by atoms with E-state index in [-0.39, 0.29) is 12.5 Å². The van der Waals surface area contributed by atoms with Gasteiger partial charge in [-0.2, -0.15) is 5.10 Å². The predicted octanol–water partition coefficient (Wildman–Crippen LogP) is 2.75. The Morgan fingerprint density at radius 1 is 1.33 bits per heavy atom. The Kier molecular flexibility index (Phi) is 3.78. The summed E-state index contributed by atoms with van der Waals surface area (Å²) in [5.74, 6) is 1.67. The lowest BCUT2D eigenvalue weighted by atomic mass is 9.74. The summed E-state index contributed by atoms with van der Waals surface area (Å²) < 4.78 is 5.51. The number of ether oxygens (including phenoxy) is 1. The van der Waals surface area contributed by atoms with Crippen LogP contribution in [0.1, 0.15) is 24.0 Å². The molecule has 1 N–H and O–H groups in total. The second-order valence-electron chi connectivity index (χ2n) is 5.89. The summed E-state index contributed by atoms with van der Waals surface area (Å²) in [4.78, 5) is 11.8. The number of hydrazone groups is 1. The topological polar surface area (TPSA) is 50.7 Å². The first-order chi connectivity index (χ1) is 10.1. The zero-order valence-electron chi connectivity index (χ0n) is 12.4. The Hall–Kier alpha value is -2.10. The number of rotatable bonds is 4. The quantitative estimate of drug-likeness (QED) is 0.682. The molecule has 3 rings (SSSR count). The van der Waals surface area contributed by atoms with Crippen molar-refractivity contribution in [1.29, 1.82) is 0 Å². The van der Waals surface area contributed by atoms with E-state index in [1.54, 1.807) is 0 Å². The zero-order chi connectivity index (χ0) is 14.8. The molecular formula is C17H20N2O2. The molecular weight excluding hydrogens is 264 g/mol. The maximum atomic E-state index is 11.8. The van der Waals surface area contributed by atoms with E-state index in [0.29, 0.717) is 11.8 Å². The van der Waals surface area contributed by atoms with Crippen LogP contribution in [0.15, 0.2) is 35.5 Å². The molecule has 0 heterocycles. The van der Waals surface area contributed by atoms with Gasteiger partial charge in [0, 0.05) is 11.6 Å². The number of aryl methyl sites for hydroxylation is 2. The molecule has 0 radical (unpaired) electrons. The normalized spacial score (nSPS) is 24.6. The molecule has 1 fully saturated rings. The van der Waals surface area contributed by atoms with Crippen LogP contribution in [-0.4, -0.2) is 18.2 Å². The fraction of sp³-hybridized carbons (Fsp3) is 0.412. The van der Waals surface area contributed by atoms with Gasteiger partial charge in [-0.25, -0.2) is 5.43 Å². The van der Waals surface area contributed by atoms with Crippen molar-refractivity contribution in [1.82, 2.24) is 5.43 Å². The Labute approximate surface area is 124 Å². The van der Waals surface area contributed by atoms with Crippen LogP contribution in [0.5, 0.6) is 5.75 Å². The Balaban J connectivity index is 1.47. The number of benzene rings is 1. The second kappa shape index (κ2) is 5.72. The number of hydrogen-bond donors (Lipinski definition) is 1. The van der Waals surface area contributed by atoms with E-state index < -0.39 is 0 Å². The molecule has 2 atom stereocenters. The lowest BCUT2D eigenvalue weighted by Gasteiger charge is -2.31. The highest BCUT2D eigenvalue weighted by atomic mass is 16.5. The lowest BCUT2D eigenvalue weighted by molar-refractivity contribution is -0.123. The minimum absolute atomic E-state index is 0.00792. The van der Waals surface area contributed by atoms with E-state index in [4.69, 9.17) is 4.74 Å². The zero-order valence-corrected chi connectivity index (χ0v) is 12.4. The van der Waals surface area contributed by atoms with Crippen LogP contribution in [0.2, 0.25) is 0 Å². The highest BCUT2D eigenvalue weighted by Gasteiger charge is 2.37. The molecule has 1 saturated carbocycles. The van der Waals surface area contributed by atoms with Gasteiger partial charge in [0.25, 0.3) is 5.91 Å². The van der Waals surface area contributed by atoms with Crippen LogP contribution in [0.25, 0.3) is 0 Å². The number of allylic oxidation sites excluding steroid dienone is 2. The smallest absolute Gasteiger partial charge is 0.277 e. The van der Waals surface area contributed by atoms with Crippen molar-refractivity contribution in [3.05, 3.63) is 41.5 Å². The minimum Gasteiger partial charge on any atom is -0.484 e. The SMILES string of the molecule is Cc1cc(C)cc(OCC(=O)N/N=C2/C[C@@H]3C=CC[C@H]23)c1. The van der Waals surface area contributed by atoms with Crippen molar-refractivity contribution >= 4 is 11.6 Å². The van der Waals surface area contributed by atoms with E-state index in [9.17, 15) is 4.79 Å². The standard InChI is InChI=1S/C17H20N2O2/c1-11-6-12(2)8-14(7-11)21-10-17(20)19-18-16-9-13-4-3-5-15(13)16/h3-4,6-8,13,15H,5,9-10H2,1-2H3,(H,19,20)/b18-16-/t13-,15-/m0/s1. The molecule has 2 aliphatic carbocycles. The minimum atomic E-state index is -0.212. The van der Waals surface area contributed by atoms with E-state index in [1.165, 1.54) is 0 Å². The maximum Gasteiger partial charge on any atom is 0.277 e. The summed E-state index contributed by atoms with van der Waals surface area (Å²) >= 11 is 0. The first-order valence-corrected chi connectivity index (χ1v) is 7.35. The van der Waals surface area contributed by atoms with Crippen molar-refractivity contribution in [2.45, 2.75) is 26.7 Å². The van der Waals surface area contributed by atoms with Crippen molar-refractivity contribution in [3.8, 4) is 5.75 Å². The summed E-state index contributed by atoms with van der Waals surface area (Å²) in [5.41, 5.74) is 5.94. The Bertz CT molecular complexity index is 599. The van der Waals surface area contributed by atoms with Gasteiger partial charge in [0.1, 0.15) is 5.75 Å². The van der Waals surface area contributed by atoms with Gasteiger partial charge in [0.2, 0.25) is 0 Å². The molecule has 0 aliphatic heterocycles. The Morgan fingerprint density at radius 3 is 2.81 bits per heavy atom. The Morgan fingerprint density at radius 2 is 2.10 bits per heavy atom. The highest BCUT2D eigenvalue weighted by molar-refractivity contribution is 5.94. The highest BCUT2D eigenvalue weighted by Crippen LogP contribution is 2.39. The van der Waals surface area contributed by atoms with Gasteiger partial charge in [-0.1, -0.05) is 18.2 Å². The van der Waals surface area contributed by atoms with Crippen molar-refractivity contribution in [2.24, 2.45) is 16.9 Å². The van der Waals surface area contributed by atoms with E-state index >= 15 is 0 Å². The number of carbonyl (C=O) groups is 1. The first kappa shape index (κ1) is 13.9. The van der Waals surface area contributed by atoms with Crippen LogP contribution in [0, 0.1) is 25.7 Å². The largest absolute Gasteiger partial charge is 0.484 e. The van der Waals surface area contributed by atoms with Crippen LogP contribution >= 0.6 is 0 Å². The monoisotopic (exact) mass is 284 g/mol. The van der Waals surface area contributed by atoms with Crippen molar-refractivity contribution in [2.75, 3.05) is 6.61 Å². The van der Waals surface area contributed by atoms with Crippen LogP contribution in [0.4, 0.5) is 0 Å². The molecule has 4 heteroatoms. The molecule has 0 bridgehead atoms. The molecule has 0 saturated heterocycles. The van der Waals surface area contributed by atoms with Gasteiger partial charge in [-0.3, -0.25) is 4.79 Å². The van der Waals surface area contributed by atoms with Gasteiger partial charge in [0.15, 0.2) is 6.61 Å². The van der Waals surface area contributed by atoms with E-state index in [0.717, 1.165) is 35.4 Å². The fourth-order valence-electron chi connectivity index (χ4n) is 2.99. The van der Waals surface area contributed by atoms with Gasteiger partial charge < -0.3 is 4.74 Å². The third kappa shape index (κ3) is 3.15. The van der Waals surface area contributed by atoms with Crippen LogP contribution in [-0.2, 0) is 4.79 Å². The third-order valence-electron chi connectivity index (χ3n) is 4.05. The van der Waals surface area contributed by atoms with Crippen molar-refractivity contribution in [3.63, 3.8) is 0 Å². The first-order valence-electron chi connectivity index (χ1n) is 7.35. The summed E-state index contributed by atoms with van der Waals surface area (Å²) in [6.45, 7) is 4.01. The number of nitrogens with zero attached hydrogens (tertiary/aromatic N) is 1. The number of fused-ring (bicyclic) bond motifs is 1. The summed E-state index contributed by atoms with van der Waals surface area (Å²) in [6.07, 6.45) is 6.47. The third-order valence-corrected chi connectivity index (χ3v) is 4.05. The van der Waals surface area contributed by atoms with Gasteiger partial charge in [-0.05, 0) is 55.9 Å². The second-order valence-corrected chi connectivity index (χ2v) is 5.89. The molecule has 0 unspecified atom stereocenters. The average Bonchev–Trinajstić information content (AvgIpc) is 2.77. The van der Waals surface area contributed by atoms with E-state index in [1.807, 2.05) is 26.0 Å². The van der Waals surface area contributed by atoms with Gasteiger partial charge in [-0.15, -0.1) is 0 Å². The number of nitrogens with one attached hydrogen (secondary N) is 1. The molecule has 2 aliphatic rings. The average molecular weight is 284 g/mol. The van der Waals surface area contributed by atoms with Crippen LogP contribution < -0.4 is 10.2 Å². The van der Waals surface area contributed by atoms with E-state index in [2.05, 4.69) is 28.7 Å². The number of hydrogen-bond acceptors (Lipinski definition) is 3. The summed E-state index contributed by atoms with van der Waals surface area (Å²) in [7, 11) is 0.